The van der Waals surface area contributed by atoms with Gasteiger partial charge in [-0.1, -0.05) is 6.92 Å². The van der Waals surface area contributed by atoms with Crippen LogP contribution in [-0.2, 0) is 13.6 Å². The van der Waals surface area contributed by atoms with Crippen LogP contribution in [0.4, 0.5) is 0 Å². The van der Waals surface area contributed by atoms with Crippen LogP contribution >= 0.6 is 28.1 Å². The third-order valence-electron chi connectivity index (χ3n) is 1.96. The molecule has 0 atom stereocenters. The highest BCUT2D eigenvalue weighted by atomic mass is 79.9. The third kappa shape index (κ3) is 3.79. The summed E-state index contributed by atoms with van der Waals surface area (Å²) in [5.41, 5.74) is 1.08. The molecule has 2 N–H and O–H groups in total. The van der Waals surface area contributed by atoms with E-state index in [1.165, 1.54) is 0 Å². The first-order chi connectivity index (χ1) is 7.15. The van der Waals surface area contributed by atoms with Crippen LogP contribution in [0.1, 0.15) is 19.0 Å². The Kier molecular flexibility index (Phi) is 5.04. The summed E-state index contributed by atoms with van der Waals surface area (Å²) in [7, 11) is 1.91. The van der Waals surface area contributed by atoms with Gasteiger partial charge < -0.3 is 10.6 Å². The van der Waals surface area contributed by atoms with Crippen molar-refractivity contribution in [1.29, 1.82) is 0 Å². The molecule has 0 amide bonds. The SMILES string of the molecule is CCCNC(=S)NCc1c(Br)cnn1C. The molecule has 0 aliphatic carbocycles. The molecule has 84 valence electrons. The average Bonchev–Trinajstić information content (AvgIpc) is 2.53. The van der Waals surface area contributed by atoms with Crippen LogP contribution < -0.4 is 10.6 Å². The normalized spacial score (nSPS) is 10.1. The van der Waals surface area contributed by atoms with Crippen LogP contribution in [0.3, 0.4) is 0 Å². The van der Waals surface area contributed by atoms with Gasteiger partial charge in [0, 0.05) is 13.6 Å². The maximum atomic E-state index is 5.11. The van der Waals surface area contributed by atoms with E-state index < -0.39 is 0 Å². The first kappa shape index (κ1) is 12.4. The lowest BCUT2D eigenvalue weighted by Crippen LogP contribution is -2.35. The predicted octanol–water partition coefficient (Wildman–Crippen LogP) is 1.56. The highest BCUT2D eigenvalue weighted by Crippen LogP contribution is 2.14. The van der Waals surface area contributed by atoms with Gasteiger partial charge in [-0.05, 0) is 34.6 Å². The van der Waals surface area contributed by atoms with Gasteiger partial charge >= 0.3 is 0 Å². The largest absolute Gasteiger partial charge is 0.363 e. The van der Waals surface area contributed by atoms with Crippen molar-refractivity contribution in [2.24, 2.45) is 7.05 Å². The Hall–Kier alpha value is -0.620. The van der Waals surface area contributed by atoms with E-state index in [1.54, 1.807) is 6.20 Å². The van der Waals surface area contributed by atoms with Crippen molar-refractivity contribution >= 4 is 33.3 Å². The predicted molar refractivity (Wildman–Crippen MR) is 68.6 cm³/mol. The maximum Gasteiger partial charge on any atom is 0.166 e. The van der Waals surface area contributed by atoms with Gasteiger partial charge in [-0.15, -0.1) is 0 Å². The number of aromatic nitrogens is 2. The Morgan fingerprint density at radius 3 is 2.87 bits per heavy atom. The van der Waals surface area contributed by atoms with E-state index >= 15 is 0 Å². The first-order valence-corrected chi connectivity index (χ1v) is 6.03. The monoisotopic (exact) mass is 290 g/mol. The fraction of sp³-hybridized carbons (Fsp3) is 0.556. The minimum Gasteiger partial charge on any atom is -0.363 e. The maximum absolute atomic E-state index is 5.11. The van der Waals surface area contributed by atoms with Crippen LogP contribution in [0.5, 0.6) is 0 Å². The van der Waals surface area contributed by atoms with Gasteiger partial charge in [0.25, 0.3) is 0 Å². The number of thiocarbonyl (C=S) groups is 1. The van der Waals surface area contributed by atoms with Crippen LogP contribution in [0.2, 0.25) is 0 Å². The van der Waals surface area contributed by atoms with Crippen molar-refractivity contribution in [3.63, 3.8) is 0 Å². The fourth-order valence-electron chi connectivity index (χ4n) is 1.10. The average molecular weight is 291 g/mol. The molecule has 0 saturated heterocycles. The van der Waals surface area contributed by atoms with Crippen molar-refractivity contribution < 1.29 is 0 Å². The molecule has 1 aromatic heterocycles. The second-order valence-electron chi connectivity index (χ2n) is 3.17. The van der Waals surface area contributed by atoms with Crippen molar-refractivity contribution in [3.8, 4) is 0 Å². The summed E-state index contributed by atoms with van der Waals surface area (Å²) in [6.45, 7) is 3.68. The molecule has 0 bridgehead atoms. The van der Waals surface area contributed by atoms with Gasteiger partial charge in [0.1, 0.15) is 0 Å². The summed E-state index contributed by atoms with van der Waals surface area (Å²) in [5, 5.41) is 11.0. The van der Waals surface area contributed by atoms with Crippen molar-refractivity contribution in [2.75, 3.05) is 6.54 Å². The van der Waals surface area contributed by atoms with Gasteiger partial charge in [0.15, 0.2) is 5.11 Å². The summed E-state index contributed by atoms with van der Waals surface area (Å²) in [6, 6.07) is 0. The molecule has 1 rings (SSSR count). The molecule has 0 spiro atoms. The molecule has 0 aliphatic rings. The molecule has 15 heavy (non-hydrogen) atoms. The zero-order chi connectivity index (χ0) is 11.3. The molecular weight excluding hydrogens is 276 g/mol. The number of hydrogen-bond donors (Lipinski definition) is 2. The summed E-state index contributed by atoms with van der Waals surface area (Å²) in [5.74, 6) is 0. The molecule has 0 saturated carbocycles. The third-order valence-corrected chi connectivity index (χ3v) is 2.91. The van der Waals surface area contributed by atoms with E-state index in [0.717, 1.165) is 23.1 Å². The minimum absolute atomic E-state index is 0.673. The molecule has 0 aromatic carbocycles. The Morgan fingerprint density at radius 2 is 2.33 bits per heavy atom. The van der Waals surface area contributed by atoms with Crippen molar-refractivity contribution in [1.82, 2.24) is 20.4 Å². The smallest absolute Gasteiger partial charge is 0.166 e. The number of halogens is 1. The second-order valence-corrected chi connectivity index (χ2v) is 4.43. The fourth-order valence-corrected chi connectivity index (χ4v) is 1.76. The summed E-state index contributed by atoms with van der Waals surface area (Å²) < 4.78 is 2.82. The van der Waals surface area contributed by atoms with E-state index in [0.29, 0.717) is 11.7 Å². The highest BCUT2D eigenvalue weighted by molar-refractivity contribution is 9.10. The van der Waals surface area contributed by atoms with E-state index in [1.807, 2.05) is 11.7 Å². The van der Waals surface area contributed by atoms with E-state index in [9.17, 15) is 0 Å². The van der Waals surface area contributed by atoms with Crippen LogP contribution in [0.15, 0.2) is 10.7 Å². The van der Waals surface area contributed by atoms with Crippen molar-refractivity contribution in [2.45, 2.75) is 19.9 Å². The molecule has 1 heterocycles. The molecular formula is C9H15BrN4S. The Morgan fingerprint density at radius 1 is 1.60 bits per heavy atom. The van der Waals surface area contributed by atoms with Crippen LogP contribution in [0, 0.1) is 0 Å². The Labute approximate surface area is 104 Å². The molecule has 0 radical (unpaired) electrons. The number of nitrogens with zero attached hydrogens (tertiary/aromatic N) is 2. The van der Waals surface area contributed by atoms with Gasteiger partial charge in [0.05, 0.1) is 22.9 Å². The lowest BCUT2D eigenvalue weighted by molar-refractivity contribution is 0.686. The van der Waals surface area contributed by atoms with Crippen molar-refractivity contribution in [3.05, 3.63) is 16.4 Å². The zero-order valence-electron chi connectivity index (χ0n) is 8.88. The van der Waals surface area contributed by atoms with Gasteiger partial charge in [-0.3, -0.25) is 4.68 Å². The second kappa shape index (κ2) is 6.07. The molecule has 0 fully saturated rings. The van der Waals surface area contributed by atoms with E-state index in [2.05, 4.69) is 38.6 Å². The number of rotatable bonds is 4. The summed E-state index contributed by atoms with van der Waals surface area (Å²) >= 11 is 8.54. The van der Waals surface area contributed by atoms with Gasteiger partial charge in [-0.25, -0.2) is 0 Å². The highest BCUT2D eigenvalue weighted by Gasteiger charge is 2.05. The quantitative estimate of drug-likeness (QED) is 0.826. The minimum atomic E-state index is 0.673. The first-order valence-electron chi connectivity index (χ1n) is 4.83. The summed E-state index contributed by atoms with van der Waals surface area (Å²) in [6.07, 6.45) is 2.84. The Balaban J connectivity index is 2.40. The Bertz CT molecular complexity index is 317. The van der Waals surface area contributed by atoms with E-state index in [4.69, 9.17) is 12.2 Å². The number of aryl methyl sites for hydroxylation is 1. The molecule has 6 heteroatoms. The molecule has 1 aromatic rings. The van der Waals surface area contributed by atoms with Crippen LogP contribution in [-0.4, -0.2) is 21.4 Å². The number of hydrogen-bond acceptors (Lipinski definition) is 2. The lowest BCUT2D eigenvalue weighted by atomic mass is 10.4. The number of nitrogens with one attached hydrogen (secondary N) is 2. The summed E-state index contributed by atoms with van der Waals surface area (Å²) in [4.78, 5) is 0. The standard InChI is InChI=1S/C9H15BrN4S/c1-3-4-11-9(15)12-6-8-7(10)5-13-14(8)2/h5H,3-4,6H2,1-2H3,(H2,11,12,15). The van der Waals surface area contributed by atoms with E-state index in [-0.39, 0.29) is 0 Å². The van der Waals surface area contributed by atoms with Gasteiger partial charge in [0.2, 0.25) is 0 Å². The zero-order valence-corrected chi connectivity index (χ0v) is 11.3. The lowest BCUT2D eigenvalue weighted by Gasteiger charge is -2.09. The molecule has 0 aliphatic heterocycles. The molecule has 0 unspecified atom stereocenters. The topological polar surface area (TPSA) is 41.9 Å². The van der Waals surface area contributed by atoms with Gasteiger partial charge in [-0.2, -0.15) is 5.10 Å². The molecule has 4 nitrogen and oxygen atoms in total. The van der Waals surface area contributed by atoms with Crippen LogP contribution in [0.25, 0.3) is 0 Å².